The predicted octanol–water partition coefficient (Wildman–Crippen LogP) is 1.61. The number of carbonyl (C=O) groups is 2. The Morgan fingerprint density at radius 2 is 1.95 bits per heavy atom. The van der Waals surface area contributed by atoms with E-state index in [1.54, 1.807) is 0 Å². The molecule has 0 N–H and O–H groups in total. The van der Waals surface area contributed by atoms with Crippen LogP contribution in [-0.4, -0.2) is 48.3 Å². The van der Waals surface area contributed by atoms with Gasteiger partial charge in [-0.1, -0.05) is 11.6 Å². The van der Waals surface area contributed by atoms with E-state index in [2.05, 4.69) is 0 Å². The van der Waals surface area contributed by atoms with E-state index in [1.165, 1.54) is 12.1 Å². The van der Waals surface area contributed by atoms with Crippen LogP contribution in [0.2, 0.25) is 5.02 Å². The average molecular weight is 367 g/mol. The summed E-state index contributed by atoms with van der Waals surface area (Å²) in [4.78, 5) is 26.4. The lowest BCUT2D eigenvalue weighted by Gasteiger charge is -2.29. The molecule has 1 aromatic carbocycles. The highest BCUT2D eigenvalue weighted by Gasteiger charge is 2.55. The third kappa shape index (κ3) is 2.17. The molecule has 0 aliphatic carbocycles. The molecule has 2 heterocycles. The first-order valence-electron chi connectivity index (χ1n) is 6.19. The molecule has 0 saturated carbocycles. The first-order chi connectivity index (χ1) is 10.2. The number of rotatable bonds is 1. The van der Waals surface area contributed by atoms with Crippen LogP contribution in [0.1, 0.15) is 0 Å². The standard InChI is InChI=1S/C12H9Cl2FN2O4S/c13-6-1-2-8(7(15)5-6)17-11(18)9-10(14)22(20,21)4-3-16(9)12(17)19/h1-2,5,9-10H,3-4H2. The van der Waals surface area contributed by atoms with Crippen LogP contribution in [0.25, 0.3) is 0 Å². The first-order valence-corrected chi connectivity index (χ1v) is 8.72. The van der Waals surface area contributed by atoms with Gasteiger partial charge in [-0.3, -0.25) is 4.79 Å². The fourth-order valence-corrected chi connectivity index (χ4v) is 4.52. The van der Waals surface area contributed by atoms with Gasteiger partial charge in [0.1, 0.15) is 11.9 Å². The van der Waals surface area contributed by atoms with Crippen molar-refractivity contribution in [3.63, 3.8) is 0 Å². The van der Waals surface area contributed by atoms with E-state index in [0.717, 1.165) is 11.0 Å². The summed E-state index contributed by atoms with van der Waals surface area (Å²) in [5, 5.41) is 0.107. The van der Waals surface area contributed by atoms with Gasteiger partial charge in [-0.05, 0) is 18.2 Å². The summed E-state index contributed by atoms with van der Waals surface area (Å²) >= 11 is 11.5. The number of hydrogen-bond donors (Lipinski definition) is 0. The van der Waals surface area contributed by atoms with Gasteiger partial charge < -0.3 is 4.90 Å². The quantitative estimate of drug-likeness (QED) is 0.558. The molecule has 2 atom stereocenters. The molecule has 0 aromatic heterocycles. The number of alkyl halides is 1. The van der Waals surface area contributed by atoms with Crippen molar-refractivity contribution < 1.29 is 22.4 Å². The Labute approximate surface area is 135 Å². The Balaban J connectivity index is 2.05. The van der Waals surface area contributed by atoms with Crippen molar-refractivity contribution in [1.29, 1.82) is 0 Å². The minimum absolute atomic E-state index is 0.107. The lowest BCUT2D eigenvalue weighted by Crippen LogP contribution is -2.52. The van der Waals surface area contributed by atoms with E-state index in [-0.39, 0.29) is 23.0 Å². The van der Waals surface area contributed by atoms with Gasteiger partial charge in [0.2, 0.25) is 0 Å². The summed E-state index contributed by atoms with van der Waals surface area (Å²) in [6.07, 6.45) is 0. The Bertz CT molecular complexity index is 785. The van der Waals surface area contributed by atoms with Crippen molar-refractivity contribution in [2.75, 3.05) is 17.2 Å². The number of anilines is 1. The molecule has 3 rings (SSSR count). The lowest BCUT2D eigenvalue weighted by atomic mass is 10.2. The van der Waals surface area contributed by atoms with Crippen molar-refractivity contribution in [2.45, 2.75) is 10.8 Å². The van der Waals surface area contributed by atoms with Crippen LogP contribution in [0.3, 0.4) is 0 Å². The van der Waals surface area contributed by atoms with Crippen molar-refractivity contribution >= 4 is 50.7 Å². The zero-order chi connectivity index (χ0) is 16.2. The van der Waals surface area contributed by atoms with Gasteiger partial charge in [-0.15, -0.1) is 11.6 Å². The monoisotopic (exact) mass is 366 g/mol. The zero-order valence-electron chi connectivity index (χ0n) is 10.9. The average Bonchev–Trinajstić information content (AvgIpc) is 2.67. The normalized spacial score (nSPS) is 27.2. The van der Waals surface area contributed by atoms with Crippen LogP contribution in [0, 0.1) is 5.82 Å². The van der Waals surface area contributed by atoms with E-state index >= 15 is 0 Å². The fourth-order valence-electron chi connectivity index (χ4n) is 2.51. The first kappa shape index (κ1) is 15.5. The van der Waals surface area contributed by atoms with Crippen LogP contribution in [-0.2, 0) is 14.6 Å². The van der Waals surface area contributed by atoms with Crippen molar-refractivity contribution in [1.82, 2.24) is 4.90 Å². The van der Waals surface area contributed by atoms with Crippen molar-refractivity contribution in [3.05, 3.63) is 29.0 Å². The van der Waals surface area contributed by atoms with E-state index in [9.17, 15) is 22.4 Å². The number of carbonyl (C=O) groups excluding carboxylic acids is 2. The van der Waals surface area contributed by atoms with Gasteiger partial charge in [0.25, 0.3) is 5.91 Å². The lowest BCUT2D eigenvalue weighted by molar-refractivity contribution is -0.119. The van der Waals surface area contributed by atoms with Crippen LogP contribution >= 0.6 is 23.2 Å². The molecule has 0 spiro atoms. The van der Waals surface area contributed by atoms with E-state index < -0.39 is 38.3 Å². The van der Waals surface area contributed by atoms with Gasteiger partial charge >= 0.3 is 6.03 Å². The second-order valence-electron chi connectivity index (χ2n) is 4.91. The molecule has 0 bridgehead atoms. The SMILES string of the molecule is O=C1C2C(Cl)S(=O)(=O)CCN2C(=O)N1c1ccc(Cl)cc1F. The van der Waals surface area contributed by atoms with Gasteiger partial charge in [0.05, 0.1) is 11.4 Å². The molecule has 10 heteroatoms. The molecule has 6 nitrogen and oxygen atoms in total. The molecule has 2 fully saturated rings. The second-order valence-corrected chi connectivity index (χ2v) is 8.32. The third-order valence-electron chi connectivity index (χ3n) is 3.60. The molecule has 2 aliphatic heterocycles. The summed E-state index contributed by atoms with van der Waals surface area (Å²) in [5.41, 5.74) is -0.282. The number of halogens is 3. The highest BCUT2D eigenvalue weighted by Crippen LogP contribution is 2.34. The molecular weight excluding hydrogens is 358 g/mol. The van der Waals surface area contributed by atoms with Crippen molar-refractivity contribution in [3.8, 4) is 0 Å². The molecule has 1 aromatic rings. The summed E-state index contributed by atoms with van der Waals surface area (Å²) in [7, 11) is -3.69. The van der Waals surface area contributed by atoms with Gasteiger partial charge in [0.15, 0.2) is 14.5 Å². The number of benzene rings is 1. The third-order valence-corrected chi connectivity index (χ3v) is 6.59. The van der Waals surface area contributed by atoms with E-state index in [1.807, 2.05) is 0 Å². The number of hydrogen-bond acceptors (Lipinski definition) is 4. The van der Waals surface area contributed by atoms with E-state index in [4.69, 9.17) is 23.2 Å². The second kappa shape index (κ2) is 5.07. The number of sulfone groups is 1. The predicted molar refractivity (Wildman–Crippen MR) is 78.2 cm³/mol. The Morgan fingerprint density at radius 3 is 2.59 bits per heavy atom. The summed E-state index contributed by atoms with van der Waals surface area (Å²) < 4.78 is 36.0. The fraction of sp³-hybridized carbons (Fsp3) is 0.333. The number of amides is 3. The maximum Gasteiger partial charge on any atom is 0.332 e. The molecular formula is C12H9Cl2FN2O4S. The number of urea groups is 1. The maximum atomic E-state index is 14.0. The summed E-state index contributed by atoms with van der Waals surface area (Å²) in [6, 6.07) is 1.33. The molecule has 2 aliphatic rings. The minimum Gasteiger partial charge on any atom is -0.308 e. The largest absolute Gasteiger partial charge is 0.332 e. The zero-order valence-corrected chi connectivity index (χ0v) is 13.2. The molecule has 0 radical (unpaired) electrons. The van der Waals surface area contributed by atoms with Gasteiger partial charge in [0, 0.05) is 11.6 Å². The van der Waals surface area contributed by atoms with Crippen LogP contribution in [0.4, 0.5) is 14.9 Å². The Hall–Kier alpha value is -1.38. The molecule has 3 amide bonds. The number of nitrogens with zero attached hydrogens (tertiary/aromatic N) is 2. The summed E-state index contributed by atoms with van der Waals surface area (Å²) in [6.45, 7) is -0.160. The number of fused-ring (bicyclic) bond motifs is 1. The van der Waals surface area contributed by atoms with Crippen LogP contribution in [0.5, 0.6) is 0 Å². The number of imide groups is 1. The summed E-state index contributed by atoms with van der Waals surface area (Å²) in [5.74, 6) is -2.06. The van der Waals surface area contributed by atoms with Crippen LogP contribution in [0.15, 0.2) is 18.2 Å². The molecule has 2 unspecified atom stereocenters. The highest BCUT2D eigenvalue weighted by molar-refractivity contribution is 7.93. The highest BCUT2D eigenvalue weighted by atomic mass is 35.5. The van der Waals surface area contributed by atoms with Gasteiger partial charge in [-0.25, -0.2) is 22.5 Å². The maximum absolute atomic E-state index is 14.0. The topological polar surface area (TPSA) is 74.8 Å². The Morgan fingerprint density at radius 1 is 1.27 bits per heavy atom. The molecule has 118 valence electrons. The van der Waals surface area contributed by atoms with Gasteiger partial charge in [-0.2, -0.15) is 0 Å². The van der Waals surface area contributed by atoms with Crippen LogP contribution < -0.4 is 4.90 Å². The minimum atomic E-state index is -3.69. The van der Waals surface area contributed by atoms with E-state index in [0.29, 0.717) is 4.90 Å². The molecule has 22 heavy (non-hydrogen) atoms. The van der Waals surface area contributed by atoms with Crippen molar-refractivity contribution in [2.24, 2.45) is 0 Å². The Kier molecular flexibility index (Phi) is 3.58. The molecule has 2 saturated heterocycles. The smallest absolute Gasteiger partial charge is 0.308 e.